The predicted octanol–water partition coefficient (Wildman–Crippen LogP) is -2.03. The van der Waals surface area contributed by atoms with Crippen LogP contribution in [0, 0.1) is 5.41 Å². The molecule has 8 nitrogen and oxygen atoms in total. The van der Waals surface area contributed by atoms with E-state index in [1.165, 1.54) is 0 Å². The average Bonchev–Trinajstić information content (AvgIpc) is 2.85. The Labute approximate surface area is 112 Å². The van der Waals surface area contributed by atoms with Gasteiger partial charge in [-0.3, -0.25) is 15.0 Å². The summed E-state index contributed by atoms with van der Waals surface area (Å²) in [6.07, 6.45) is 2.75. The second-order valence-electron chi connectivity index (χ2n) is 4.60. The summed E-state index contributed by atoms with van der Waals surface area (Å²) >= 11 is 0. The van der Waals surface area contributed by atoms with Crippen LogP contribution in [0.5, 0.6) is 0 Å². The number of amides is 2. The van der Waals surface area contributed by atoms with E-state index in [0.717, 1.165) is 19.4 Å². The first kappa shape index (κ1) is 15.2. The summed E-state index contributed by atoms with van der Waals surface area (Å²) in [4.78, 5) is 23.1. The Kier molecular flexibility index (Phi) is 6.07. The molecule has 1 fully saturated rings. The Morgan fingerprint density at radius 1 is 1.42 bits per heavy atom. The molecule has 1 saturated heterocycles. The monoisotopic (exact) mass is 270 g/mol. The summed E-state index contributed by atoms with van der Waals surface area (Å²) in [6.45, 7) is 1.29. The van der Waals surface area contributed by atoms with Crippen molar-refractivity contribution in [2.24, 2.45) is 11.5 Å². The van der Waals surface area contributed by atoms with E-state index in [1.54, 1.807) is 0 Å². The number of carbonyl (C=O) groups excluding carboxylic acids is 2. The van der Waals surface area contributed by atoms with Crippen LogP contribution in [0.25, 0.3) is 0 Å². The summed E-state index contributed by atoms with van der Waals surface area (Å²) in [5.41, 5.74) is 10.4. The largest absolute Gasteiger partial charge is 0.370 e. The second-order valence-corrected chi connectivity index (χ2v) is 4.60. The van der Waals surface area contributed by atoms with Crippen LogP contribution in [-0.2, 0) is 9.59 Å². The van der Waals surface area contributed by atoms with E-state index in [2.05, 4.69) is 16.0 Å². The van der Waals surface area contributed by atoms with E-state index < -0.39 is 11.9 Å². The van der Waals surface area contributed by atoms with Gasteiger partial charge in [0, 0.05) is 6.54 Å². The van der Waals surface area contributed by atoms with E-state index in [0.29, 0.717) is 19.4 Å². The number of carbonyl (C=O) groups is 2. The van der Waals surface area contributed by atoms with E-state index >= 15 is 0 Å². The molecule has 0 spiro atoms. The minimum Gasteiger partial charge on any atom is -0.370 e. The van der Waals surface area contributed by atoms with Gasteiger partial charge in [0.15, 0.2) is 5.96 Å². The zero-order chi connectivity index (χ0) is 14.3. The first-order valence-electron chi connectivity index (χ1n) is 6.41. The smallest absolute Gasteiger partial charge is 0.240 e. The highest BCUT2D eigenvalue weighted by atomic mass is 16.2. The van der Waals surface area contributed by atoms with Crippen molar-refractivity contribution in [3.63, 3.8) is 0 Å². The van der Waals surface area contributed by atoms with Gasteiger partial charge in [0.1, 0.15) is 6.04 Å². The number of hydrogen-bond acceptors (Lipinski definition) is 4. The van der Waals surface area contributed by atoms with E-state index in [4.69, 9.17) is 16.9 Å². The standard InChI is InChI=1S/C11H22N6O2/c12-9(18)7(3-1-6-16-11(13)14)17-10(19)8-4-2-5-15-8/h7-8,15H,1-6H2,(H2,12,18)(H,17,19)(H4,13,14,16)/t7-,8-/m0/s1. The van der Waals surface area contributed by atoms with Gasteiger partial charge in [-0.2, -0.15) is 0 Å². The van der Waals surface area contributed by atoms with Crippen molar-refractivity contribution in [2.75, 3.05) is 13.1 Å². The Morgan fingerprint density at radius 3 is 2.68 bits per heavy atom. The van der Waals surface area contributed by atoms with Crippen LogP contribution in [0.15, 0.2) is 0 Å². The van der Waals surface area contributed by atoms with Crippen LogP contribution in [0.1, 0.15) is 25.7 Å². The summed E-state index contributed by atoms with van der Waals surface area (Å²) in [7, 11) is 0. The van der Waals surface area contributed by atoms with Crippen molar-refractivity contribution in [2.45, 2.75) is 37.8 Å². The topological polar surface area (TPSA) is 146 Å². The first-order chi connectivity index (χ1) is 9.00. The molecule has 2 amide bonds. The maximum Gasteiger partial charge on any atom is 0.240 e. The fourth-order valence-corrected chi connectivity index (χ4v) is 2.00. The lowest BCUT2D eigenvalue weighted by molar-refractivity contribution is -0.128. The van der Waals surface area contributed by atoms with Crippen LogP contribution in [0.2, 0.25) is 0 Å². The van der Waals surface area contributed by atoms with Crippen LogP contribution >= 0.6 is 0 Å². The third kappa shape index (κ3) is 5.56. The Hall–Kier alpha value is -1.83. The van der Waals surface area contributed by atoms with Crippen LogP contribution < -0.4 is 27.4 Å². The Bertz CT molecular complexity index is 340. The first-order valence-corrected chi connectivity index (χ1v) is 6.41. The van der Waals surface area contributed by atoms with Crippen molar-refractivity contribution in [1.29, 1.82) is 5.41 Å². The number of rotatable bonds is 7. The molecular weight excluding hydrogens is 248 g/mol. The SMILES string of the molecule is N=C(N)NCCC[C@H](NC(=O)[C@@H]1CCCN1)C(N)=O. The normalized spacial score (nSPS) is 19.7. The van der Waals surface area contributed by atoms with E-state index in [9.17, 15) is 9.59 Å². The molecule has 19 heavy (non-hydrogen) atoms. The molecule has 2 atom stereocenters. The molecule has 0 unspecified atom stereocenters. The van der Waals surface area contributed by atoms with Gasteiger partial charge < -0.3 is 27.4 Å². The Morgan fingerprint density at radius 2 is 2.16 bits per heavy atom. The van der Waals surface area contributed by atoms with Crippen LogP contribution in [0.4, 0.5) is 0 Å². The molecule has 8 N–H and O–H groups in total. The van der Waals surface area contributed by atoms with E-state index in [1.807, 2.05) is 0 Å². The summed E-state index contributed by atoms with van der Waals surface area (Å²) in [5, 5.41) is 15.3. The Balaban J connectivity index is 2.33. The highest BCUT2D eigenvalue weighted by Gasteiger charge is 2.25. The lowest BCUT2D eigenvalue weighted by Crippen LogP contribution is -2.50. The van der Waals surface area contributed by atoms with Crippen molar-refractivity contribution >= 4 is 17.8 Å². The lowest BCUT2D eigenvalue weighted by atomic mass is 10.1. The molecule has 0 bridgehead atoms. The predicted molar refractivity (Wildman–Crippen MR) is 71.3 cm³/mol. The molecular formula is C11H22N6O2. The molecule has 0 aliphatic carbocycles. The van der Waals surface area contributed by atoms with E-state index in [-0.39, 0.29) is 17.9 Å². The third-order valence-corrected chi connectivity index (χ3v) is 3.02. The lowest BCUT2D eigenvalue weighted by Gasteiger charge is -2.18. The van der Waals surface area contributed by atoms with Crippen LogP contribution in [0.3, 0.4) is 0 Å². The third-order valence-electron chi connectivity index (χ3n) is 3.02. The number of hydrogen-bond donors (Lipinski definition) is 6. The van der Waals surface area contributed by atoms with Gasteiger partial charge in [-0.25, -0.2) is 0 Å². The summed E-state index contributed by atoms with van der Waals surface area (Å²) in [5.74, 6) is -0.843. The summed E-state index contributed by atoms with van der Waals surface area (Å²) in [6, 6.07) is -0.902. The maximum absolute atomic E-state index is 11.8. The fraction of sp³-hybridized carbons (Fsp3) is 0.727. The van der Waals surface area contributed by atoms with Crippen molar-refractivity contribution in [1.82, 2.24) is 16.0 Å². The second kappa shape index (κ2) is 7.57. The highest BCUT2D eigenvalue weighted by molar-refractivity contribution is 5.89. The van der Waals surface area contributed by atoms with Gasteiger partial charge >= 0.3 is 0 Å². The van der Waals surface area contributed by atoms with Crippen molar-refractivity contribution < 1.29 is 9.59 Å². The van der Waals surface area contributed by atoms with Gasteiger partial charge in [-0.1, -0.05) is 0 Å². The molecule has 0 radical (unpaired) electrons. The maximum atomic E-state index is 11.8. The number of nitrogens with one attached hydrogen (secondary N) is 4. The molecule has 0 saturated carbocycles. The van der Waals surface area contributed by atoms with Gasteiger partial charge in [0.25, 0.3) is 0 Å². The number of guanidine groups is 1. The molecule has 1 aliphatic heterocycles. The van der Waals surface area contributed by atoms with Crippen molar-refractivity contribution in [3.8, 4) is 0 Å². The molecule has 1 rings (SSSR count). The number of nitrogens with two attached hydrogens (primary N) is 2. The van der Waals surface area contributed by atoms with Gasteiger partial charge in [-0.15, -0.1) is 0 Å². The zero-order valence-corrected chi connectivity index (χ0v) is 10.9. The van der Waals surface area contributed by atoms with Gasteiger partial charge in [0.05, 0.1) is 6.04 Å². The molecule has 1 aliphatic rings. The molecule has 8 heteroatoms. The minimum absolute atomic E-state index is 0.116. The fourth-order valence-electron chi connectivity index (χ4n) is 2.00. The quantitative estimate of drug-likeness (QED) is 0.179. The molecule has 0 aromatic heterocycles. The minimum atomic E-state index is -0.677. The van der Waals surface area contributed by atoms with Gasteiger partial charge in [0.2, 0.25) is 11.8 Å². The molecule has 1 heterocycles. The van der Waals surface area contributed by atoms with Crippen LogP contribution in [-0.4, -0.2) is 42.9 Å². The number of primary amides is 1. The summed E-state index contributed by atoms with van der Waals surface area (Å²) < 4.78 is 0. The zero-order valence-electron chi connectivity index (χ0n) is 10.9. The molecule has 108 valence electrons. The molecule has 0 aromatic rings. The molecule has 0 aromatic carbocycles. The highest BCUT2D eigenvalue weighted by Crippen LogP contribution is 2.06. The van der Waals surface area contributed by atoms with Crippen molar-refractivity contribution in [3.05, 3.63) is 0 Å². The average molecular weight is 270 g/mol. The van der Waals surface area contributed by atoms with Gasteiger partial charge in [-0.05, 0) is 32.2 Å².